The number of H-pyrrole nitrogens is 1. The van der Waals surface area contributed by atoms with Crippen molar-refractivity contribution in [2.24, 2.45) is 0 Å². The van der Waals surface area contributed by atoms with E-state index >= 15 is 0 Å². The highest BCUT2D eigenvalue weighted by Gasteiger charge is 1.88. The molecule has 1 N–H and O–H groups in total. The van der Waals surface area contributed by atoms with Crippen molar-refractivity contribution in [3.8, 4) is 0 Å². The standard InChI is InChI=1S/C7H6N2.CH4.2ClH/c1-2-4-7-6(3-1)8-5-9-7;;;/h1-5H,(H,8,9);1H4;2*1H. The minimum Gasteiger partial charge on any atom is -0.345 e. The number of hydrogen-bond donors (Lipinski definition) is 1. The Hall–Kier alpha value is -0.730. The number of nitrogens with zero attached hydrogens (tertiary/aromatic N) is 1. The molecule has 2 rings (SSSR count). The van der Waals surface area contributed by atoms with E-state index in [0.717, 1.165) is 11.0 Å². The second-order valence-corrected chi connectivity index (χ2v) is 1.92. The summed E-state index contributed by atoms with van der Waals surface area (Å²) in [6, 6.07) is 7.94. The van der Waals surface area contributed by atoms with Gasteiger partial charge in [0.1, 0.15) is 0 Å². The molecule has 68 valence electrons. The van der Waals surface area contributed by atoms with E-state index in [4.69, 9.17) is 0 Å². The fourth-order valence-corrected chi connectivity index (χ4v) is 0.880. The SMILES string of the molecule is C.Cl.Cl.c1ccc2[nH]cnc2c1. The lowest BCUT2D eigenvalue weighted by Gasteiger charge is -1.81. The van der Waals surface area contributed by atoms with Crippen LogP contribution < -0.4 is 0 Å². The summed E-state index contributed by atoms with van der Waals surface area (Å²) in [6.07, 6.45) is 1.70. The minimum absolute atomic E-state index is 0. The van der Waals surface area contributed by atoms with Gasteiger partial charge < -0.3 is 4.98 Å². The average Bonchev–Trinajstić information content (AvgIpc) is 2.33. The molecule has 0 amide bonds. The second kappa shape index (κ2) is 5.86. The van der Waals surface area contributed by atoms with Gasteiger partial charge in [0.15, 0.2) is 0 Å². The Bertz CT molecular complexity index is 289. The molecule has 0 saturated carbocycles. The zero-order valence-corrected chi connectivity index (χ0v) is 7.28. The van der Waals surface area contributed by atoms with Gasteiger partial charge in [0.05, 0.1) is 17.4 Å². The van der Waals surface area contributed by atoms with Crippen LogP contribution in [-0.4, -0.2) is 9.97 Å². The van der Waals surface area contributed by atoms with E-state index in [-0.39, 0.29) is 32.2 Å². The van der Waals surface area contributed by atoms with E-state index in [0.29, 0.717) is 0 Å². The molecule has 1 heterocycles. The number of aromatic nitrogens is 2. The molecule has 0 radical (unpaired) electrons. The van der Waals surface area contributed by atoms with E-state index < -0.39 is 0 Å². The van der Waals surface area contributed by atoms with E-state index in [1.165, 1.54) is 0 Å². The summed E-state index contributed by atoms with van der Waals surface area (Å²) in [6.45, 7) is 0. The molecular formula is C8H12Cl2N2. The van der Waals surface area contributed by atoms with Crippen molar-refractivity contribution in [1.82, 2.24) is 9.97 Å². The summed E-state index contributed by atoms with van der Waals surface area (Å²) in [5.74, 6) is 0. The summed E-state index contributed by atoms with van der Waals surface area (Å²) in [4.78, 5) is 7.07. The molecule has 12 heavy (non-hydrogen) atoms. The number of nitrogens with one attached hydrogen (secondary N) is 1. The molecule has 2 nitrogen and oxygen atoms in total. The maximum Gasteiger partial charge on any atom is 0.0931 e. The lowest BCUT2D eigenvalue weighted by Crippen LogP contribution is -1.63. The van der Waals surface area contributed by atoms with Crippen molar-refractivity contribution in [3.05, 3.63) is 30.6 Å². The Labute approximate surface area is 84.2 Å². The third kappa shape index (κ3) is 2.40. The number of hydrogen-bond acceptors (Lipinski definition) is 1. The van der Waals surface area contributed by atoms with Crippen LogP contribution in [0.15, 0.2) is 30.6 Å². The first-order valence-electron chi connectivity index (χ1n) is 2.85. The second-order valence-electron chi connectivity index (χ2n) is 1.92. The van der Waals surface area contributed by atoms with Crippen molar-refractivity contribution in [3.63, 3.8) is 0 Å². The number of aromatic amines is 1. The molecule has 0 atom stereocenters. The number of fused-ring (bicyclic) bond motifs is 1. The Kier molecular flexibility index (Phi) is 6.76. The highest BCUT2D eigenvalue weighted by atomic mass is 35.5. The van der Waals surface area contributed by atoms with Crippen molar-refractivity contribution >= 4 is 35.8 Å². The van der Waals surface area contributed by atoms with Crippen LogP contribution in [0.25, 0.3) is 11.0 Å². The predicted octanol–water partition coefficient (Wildman–Crippen LogP) is 3.04. The van der Waals surface area contributed by atoms with Gasteiger partial charge in [-0.3, -0.25) is 0 Å². The van der Waals surface area contributed by atoms with Gasteiger partial charge in [0.2, 0.25) is 0 Å². The van der Waals surface area contributed by atoms with Crippen LogP contribution in [0.4, 0.5) is 0 Å². The number of imidazole rings is 1. The molecule has 4 heteroatoms. The molecule has 1 aromatic heterocycles. The molecule has 0 aliphatic carbocycles. The summed E-state index contributed by atoms with van der Waals surface area (Å²) < 4.78 is 0. The first-order chi connectivity index (χ1) is 4.47. The molecule has 0 bridgehead atoms. The largest absolute Gasteiger partial charge is 0.345 e. The molecule has 0 unspecified atom stereocenters. The lowest BCUT2D eigenvalue weighted by atomic mass is 10.3. The van der Waals surface area contributed by atoms with Gasteiger partial charge in [-0.15, -0.1) is 24.8 Å². The van der Waals surface area contributed by atoms with Gasteiger partial charge in [-0.05, 0) is 12.1 Å². The maximum atomic E-state index is 4.06. The highest BCUT2D eigenvalue weighted by molar-refractivity contribution is 5.85. The normalized spacial score (nSPS) is 7.67. The van der Waals surface area contributed by atoms with Crippen LogP contribution in [0.3, 0.4) is 0 Å². The third-order valence-electron chi connectivity index (χ3n) is 1.33. The van der Waals surface area contributed by atoms with Gasteiger partial charge in [-0.1, -0.05) is 19.6 Å². The van der Waals surface area contributed by atoms with Crippen LogP contribution in [0.5, 0.6) is 0 Å². The number of rotatable bonds is 0. The van der Waals surface area contributed by atoms with Crippen molar-refractivity contribution < 1.29 is 0 Å². The summed E-state index contributed by atoms with van der Waals surface area (Å²) >= 11 is 0. The summed E-state index contributed by atoms with van der Waals surface area (Å²) in [7, 11) is 0. The van der Waals surface area contributed by atoms with Gasteiger partial charge in [0.25, 0.3) is 0 Å². The van der Waals surface area contributed by atoms with Crippen LogP contribution in [-0.2, 0) is 0 Å². The van der Waals surface area contributed by atoms with Gasteiger partial charge in [-0.25, -0.2) is 4.98 Å². The average molecular weight is 207 g/mol. The molecule has 0 saturated heterocycles. The smallest absolute Gasteiger partial charge is 0.0931 e. The summed E-state index contributed by atoms with van der Waals surface area (Å²) in [5.41, 5.74) is 2.12. The predicted molar refractivity (Wildman–Crippen MR) is 57.3 cm³/mol. The minimum atomic E-state index is 0. The Morgan fingerprint density at radius 1 is 1.08 bits per heavy atom. The molecule has 0 fully saturated rings. The zero-order chi connectivity index (χ0) is 6.10. The quantitative estimate of drug-likeness (QED) is 0.706. The topological polar surface area (TPSA) is 28.7 Å². The molecule has 0 aliphatic heterocycles. The molecule has 0 aliphatic rings. The monoisotopic (exact) mass is 206 g/mol. The molecular weight excluding hydrogens is 195 g/mol. The maximum absolute atomic E-state index is 4.06. The number of para-hydroxylation sites is 2. The highest BCUT2D eigenvalue weighted by Crippen LogP contribution is 2.05. The van der Waals surface area contributed by atoms with E-state index in [1.807, 2.05) is 24.3 Å². The van der Waals surface area contributed by atoms with Crippen LogP contribution in [0, 0.1) is 0 Å². The van der Waals surface area contributed by atoms with Gasteiger partial charge in [0, 0.05) is 0 Å². The Balaban J connectivity index is 0. The van der Waals surface area contributed by atoms with Crippen LogP contribution in [0.1, 0.15) is 7.43 Å². The van der Waals surface area contributed by atoms with E-state index in [9.17, 15) is 0 Å². The molecule has 0 spiro atoms. The zero-order valence-electron chi connectivity index (χ0n) is 5.65. The third-order valence-corrected chi connectivity index (χ3v) is 1.33. The molecule has 1 aromatic carbocycles. The first-order valence-corrected chi connectivity index (χ1v) is 2.85. The molecule has 2 aromatic rings. The van der Waals surface area contributed by atoms with Gasteiger partial charge in [-0.2, -0.15) is 0 Å². The van der Waals surface area contributed by atoms with Crippen molar-refractivity contribution in [2.45, 2.75) is 7.43 Å². The van der Waals surface area contributed by atoms with Crippen molar-refractivity contribution in [1.29, 1.82) is 0 Å². The number of benzene rings is 1. The summed E-state index contributed by atoms with van der Waals surface area (Å²) in [5, 5.41) is 0. The Morgan fingerprint density at radius 3 is 2.42 bits per heavy atom. The Morgan fingerprint density at radius 2 is 1.75 bits per heavy atom. The van der Waals surface area contributed by atoms with Crippen molar-refractivity contribution in [2.75, 3.05) is 0 Å². The lowest BCUT2D eigenvalue weighted by molar-refractivity contribution is 1.34. The van der Waals surface area contributed by atoms with E-state index in [2.05, 4.69) is 9.97 Å². The first kappa shape index (κ1) is 13.8. The fourth-order valence-electron chi connectivity index (χ4n) is 0.880. The van der Waals surface area contributed by atoms with Crippen LogP contribution in [0.2, 0.25) is 0 Å². The van der Waals surface area contributed by atoms with Crippen LogP contribution >= 0.6 is 24.8 Å². The fraction of sp³-hybridized carbons (Fsp3) is 0.125. The van der Waals surface area contributed by atoms with E-state index in [1.54, 1.807) is 6.33 Å². The van der Waals surface area contributed by atoms with Gasteiger partial charge >= 0.3 is 0 Å². The number of halogens is 2.